The monoisotopic (exact) mass is 377 g/mol. The minimum absolute atomic E-state index is 0.0377. The van der Waals surface area contributed by atoms with Gasteiger partial charge in [0.15, 0.2) is 11.5 Å². The van der Waals surface area contributed by atoms with Crippen molar-refractivity contribution >= 4 is 21.8 Å². The summed E-state index contributed by atoms with van der Waals surface area (Å²) in [5.41, 5.74) is 0.594. The molecule has 4 rings (SSSR count). The van der Waals surface area contributed by atoms with Crippen molar-refractivity contribution in [1.29, 1.82) is 0 Å². The van der Waals surface area contributed by atoms with Crippen molar-refractivity contribution in [1.82, 2.24) is 9.71 Å². The molecule has 0 spiro atoms. The smallest absolute Gasteiger partial charge is 0.414 e. The molecule has 0 bridgehead atoms. The SMILES string of the molecule is O=C1O[C@@H](CNS(=O)(=O)c2cccnc2)CN1c1ccc2c(c1)OCO2. The number of nitrogens with zero attached hydrogens (tertiary/aromatic N) is 2. The minimum atomic E-state index is -3.71. The molecular weight excluding hydrogens is 362 g/mol. The number of nitrogens with one attached hydrogen (secondary N) is 1. The third-order valence-electron chi connectivity index (χ3n) is 3.99. The summed E-state index contributed by atoms with van der Waals surface area (Å²) in [5.74, 6) is 1.16. The van der Waals surface area contributed by atoms with E-state index >= 15 is 0 Å². The van der Waals surface area contributed by atoms with Crippen LogP contribution in [0.4, 0.5) is 10.5 Å². The highest BCUT2D eigenvalue weighted by molar-refractivity contribution is 7.89. The topological polar surface area (TPSA) is 107 Å². The molecule has 1 N–H and O–H groups in total. The summed E-state index contributed by atoms with van der Waals surface area (Å²) in [6.07, 6.45) is 1.58. The third kappa shape index (κ3) is 3.16. The first-order valence-electron chi connectivity index (χ1n) is 7.80. The van der Waals surface area contributed by atoms with Gasteiger partial charge in [-0.05, 0) is 24.3 Å². The molecule has 136 valence electrons. The number of amides is 1. The van der Waals surface area contributed by atoms with E-state index in [4.69, 9.17) is 14.2 Å². The van der Waals surface area contributed by atoms with Crippen LogP contribution in [0, 0.1) is 0 Å². The first-order chi connectivity index (χ1) is 12.5. The number of hydrogen-bond acceptors (Lipinski definition) is 7. The van der Waals surface area contributed by atoms with Crippen LogP contribution in [0.1, 0.15) is 0 Å². The highest BCUT2D eigenvalue weighted by atomic mass is 32.2. The van der Waals surface area contributed by atoms with Crippen LogP contribution < -0.4 is 19.1 Å². The van der Waals surface area contributed by atoms with Crippen LogP contribution >= 0.6 is 0 Å². The maximum absolute atomic E-state index is 12.2. The summed E-state index contributed by atoms with van der Waals surface area (Å²) < 4.78 is 42.7. The summed E-state index contributed by atoms with van der Waals surface area (Å²) in [6, 6.07) is 8.09. The van der Waals surface area contributed by atoms with Crippen molar-refractivity contribution in [2.75, 3.05) is 24.8 Å². The third-order valence-corrected chi connectivity index (χ3v) is 5.40. The Labute approximate surface area is 149 Å². The molecule has 1 fully saturated rings. The van der Waals surface area contributed by atoms with Gasteiger partial charge >= 0.3 is 6.09 Å². The van der Waals surface area contributed by atoms with Crippen molar-refractivity contribution in [3.63, 3.8) is 0 Å². The van der Waals surface area contributed by atoms with Crippen molar-refractivity contribution < 1.29 is 27.4 Å². The van der Waals surface area contributed by atoms with Gasteiger partial charge in [-0.25, -0.2) is 17.9 Å². The highest BCUT2D eigenvalue weighted by Crippen LogP contribution is 2.36. The Hall–Kier alpha value is -2.85. The number of carbonyl (C=O) groups excluding carboxylic acids is 1. The zero-order valence-electron chi connectivity index (χ0n) is 13.5. The number of benzene rings is 1. The van der Waals surface area contributed by atoms with Gasteiger partial charge < -0.3 is 14.2 Å². The number of cyclic esters (lactones) is 1. The Morgan fingerprint density at radius 2 is 2.08 bits per heavy atom. The molecule has 3 heterocycles. The van der Waals surface area contributed by atoms with Gasteiger partial charge in [0.1, 0.15) is 11.0 Å². The molecule has 10 heteroatoms. The van der Waals surface area contributed by atoms with Gasteiger partial charge in [-0.2, -0.15) is 0 Å². The van der Waals surface area contributed by atoms with Crippen molar-refractivity contribution in [3.05, 3.63) is 42.7 Å². The second kappa shape index (κ2) is 6.46. The summed E-state index contributed by atoms with van der Waals surface area (Å²) in [7, 11) is -3.71. The molecule has 0 saturated carbocycles. The second-order valence-electron chi connectivity index (χ2n) is 5.69. The molecule has 1 aromatic carbocycles. The van der Waals surface area contributed by atoms with Gasteiger partial charge in [0.25, 0.3) is 0 Å². The number of aromatic nitrogens is 1. The Morgan fingerprint density at radius 1 is 1.23 bits per heavy atom. The molecule has 0 unspecified atom stereocenters. The van der Waals surface area contributed by atoms with Crippen LogP contribution in [0.3, 0.4) is 0 Å². The lowest BCUT2D eigenvalue weighted by atomic mass is 10.2. The standard InChI is InChI=1S/C16H15N3O6S/c20-16-19(11-3-4-14-15(6-11)24-10-23-14)9-12(25-16)7-18-26(21,22)13-2-1-5-17-8-13/h1-6,8,12,18H,7,9-10H2/t12-/m0/s1. The van der Waals surface area contributed by atoms with Gasteiger partial charge in [-0.1, -0.05) is 0 Å². The lowest BCUT2D eigenvalue weighted by molar-refractivity contribution is 0.143. The maximum atomic E-state index is 12.2. The Balaban J connectivity index is 1.42. The van der Waals surface area contributed by atoms with E-state index in [2.05, 4.69) is 9.71 Å². The first kappa shape index (κ1) is 16.6. The Kier molecular flexibility index (Phi) is 4.13. The zero-order valence-corrected chi connectivity index (χ0v) is 14.3. The first-order valence-corrected chi connectivity index (χ1v) is 9.29. The van der Waals surface area contributed by atoms with E-state index in [0.29, 0.717) is 17.2 Å². The fraction of sp³-hybridized carbons (Fsp3) is 0.250. The number of ether oxygens (including phenoxy) is 3. The average Bonchev–Trinajstić information content (AvgIpc) is 3.26. The highest BCUT2D eigenvalue weighted by Gasteiger charge is 2.34. The largest absolute Gasteiger partial charge is 0.454 e. The molecule has 2 aliphatic rings. The number of hydrogen-bond donors (Lipinski definition) is 1. The number of pyridine rings is 1. The molecule has 9 nitrogen and oxygen atoms in total. The molecule has 0 aliphatic carbocycles. The number of anilines is 1. The normalized spacial score (nSPS) is 18.8. The number of sulfonamides is 1. The molecule has 1 atom stereocenters. The molecule has 2 aromatic rings. The average molecular weight is 377 g/mol. The molecular formula is C16H15N3O6S. The van der Waals surface area contributed by atoms with Crippen LogP contribution in [0.2, 0.25) is 0 Å². The molecule has 0 radical (unpaired) electrons. The van der Waals surface area contributed by atoms with Gasteiger partial charge in [-0.15, -0.1) is 0 Å². The van der Waals surface area contributed by atoms with Crippen molar-refractivity contribution in [2.45, 2.75) is 11.0 Å². The number of carbonyl (C=O) groups is 1. The van der Waals surface area contributed by atoms with Crippen LogP contribution in [0.25, 0.3) is 0 Å². The molecule has 1 aromatic heterocycles. The predicted molar refractivity (Wildman–Crippen MR) is 89.6 cm³/mol. The van der Waals surface area contributed by atoms with Gasteiger partial charge in [-0.3, -0.25) is 9.88 Å². The van der Waals surface area contributed by atoms with Crippen LogP contribution in [0.15, 0.2) is 47.6 Å². The Bertz CT molecular complexity index is 934. The van der Waals surface area contributed by atoms with Gasteiger partial charge in [0.2, 0.25) is 16.8 Å². The lowest BCUT2D eigenvalue weighted by Gasteiger charge is -2.13. The molecule has 2 aliphatic heterocycles. The second-order valence-corrected chi connectivity index (χ2v) is 7.46. The van der Waals surface area contributed by atoms with E-state index < -0.39 is 22.2 Å². The van der Waals surface area contributed by atoms with Crippen LogP contribution in [-0.4, -0.2) is 45.5 Å². The molecule has 1 saturated heterocycles. The lowest BCUT2D eigenvalue weighted by Crippen LogP contribution is -2.34. The van der Waals surface area contributed by atoms with Crippen molar-refractivity contribution in [3.8, 4) is 11.5 Å². The van der Waals surface area contributed by atoms with Crippen LogP contribution in [0.5, 0.6) is 11.5 Å². The molecule has 1 amide bonds. The predicted octanol–water partition coefficient (Wildman–Crippen LogP) is 1.11. The zero-order chi connectivity index (χ0) is 18.1. The summed E-state index contributed by atoms with van der Waals surface area (Å²) in [4.78, 5) is 17.4. The fourth-order valence-corrected chi connectivity index (χ4v) is 3.71. The number of rotatable bonds is 5. The number of fused-ring (bicyclic) bond motifs is 1. The van der Waals surface area contributed by atoms with E-state index in [0.717, 1.165) is 0 Å². The van der Waals surface area contributed by atoms with E-state index in [1.165, 1.54) is 29.4 Å². The summed E-state index contributed by atoms with van der Waals surface area (Å²) in [5, 5.41) is 0. The van der Waals surface area contributed by atoms with Gasteiger partial charge in [0, 0.05) is 25.0 Å². The quantitative estimate of drug-likeness (QED) is 0.832. The maximum Gasteiger partial charge on any atom is 0.414 e. The van der Waals surface area contributed by atoms with Gasteiger partial charge in [0.05, 0.1) is 12.2 Å². The minimum Gasteiger partial charge on any atom is -0.454 e. The molecule has 26 heavy (non-hydrogen) atoms. The van der Waals surface area contributed by atoms with E-state index in [1.807, 2.05) is 0 Å². The van der Waals surface area contributed by atoms with Crippen molar-refractivity contribution in [2.24, 2.45) is 0 Å². The van der Waals surface area contributed by atoms with E-state index in [9.17, 15) is 13.2 Å². The van der Waals surface area contributed by atoms with E-state index in [1.54, 1.807) is 18.2 Å². The Morgan fingerprint density at radius 3 is 2.88 bits per heavy atom. The summed E-state index contributed by atoms with van der Waals surface area (Å²) in [6.45, 7) is 0.319. The summed E-state index contributed by atoms with van der Waals surface area (Å²) >= 11 is 0. The fourth-order valence-electron chi connectivity index (χ4n) is 2.68. The van der Waals surface area contributed by atoms with E-state index in [-0.39, 0.29) is 24.8 Å². The van der Waals surface area contributed by atoms with Crippen LogP contribution in [-0.2, 0) is 14.8 Å².